The summed E-state index contributed by atoms with van der Waals surface area (Å²) in [5, 5.41) is 0. The van der Waals surface area contributed by atoms with E-state index in [0.717, 1.165) is 44.9 Å². The first-order chi connectivity index (χ1) is 11.5. The minimum atomic E-state index is -0.367. The van der Waals surface area contributed by atoms with Gasteiger partial charge in [-0.25, -0.2) is 0 Å². The molecule has 0 aromatic carbocycles. The smallest absolute Gasteiger partial charge is 0.198 e. The van der Waals surface area contributed by atoms with Crippen LogP contribution in [0.2, 0.25) is 0 Å². The highest BCUT2D eigenvalue weighted by atomic mass is 16.2. The number of Topliss-reactive ketones (excluding diaryl/α,β-unsaturated/α-hetero) is 4. The third-order valence-corrected chi connectivity index (χ3v) is 3.99. The molecule has 0 atom stereocenters. The molecule has 0 aromatic rings. The van der Waals surface area contributed by atoms with E-state index in [1.54, 1.807) is 0 Å². The van der Waals surface area contributed by atoms with Gasteiger partial charge in [-0.3, -0.25) is 19.2 Å². The molecule has 0 spiro atoms. The average molecular weight is 336 g/mol. The first-order valence-corrected chi connectivity index (χ1v) is 9.15. The van der Waals surface area contributed by atoms with Crippen LogP contribution < -0.4 is 0 Å². The quantitative estimate of drug-likeness (QED) is 0.236. The molecule has 0 aliphatic rings. The van der Waals surface area contributed by atoms with Crippen LogP contribution in [0.3, 0.4) is 0 Å². The number of hydrogen-bond acceptors (Lipinski definition) is 4. The Hall–Kier alpha value is -1.58. The SMILES string of the molecule is C/C=C/CC(=O)CCCCCC(=O)CCCCCCC(=O)C(C)=O. The fourth-order valence-corrected chi connectivity index (χ4v) is 2.43. The van der Waals surface area contributed by atoms with Gasteiger partial charge in [0.25, 0.3) is 0 Å². The molecule has 0 rings (SSSR count). The van der Waals surface area contributed by atoms with Crippen LogP contribution in [0.5, 0.6) is 0 Å². The molecule has 0 aliphatic heterocycles. The van der Waals surface area contributed by atoms with E-state index in [-0.39, 0.29) is 23.1 Å². The van der Waals surface area contributed by atoms with Gasteiger partial charge in [0.2, 0.25) is 0 Å². The second-order valence-corrected chi connectivity index (χ2v) is 6.30. The number of unbranched alkanes of at least 4 members (excludes halogenated alkanes) is 5. The van der Waals surface area contributed by atoms with Gasteiger partial charge in [0.15, 0.2) is 11.6 Å². The first-order valence-electron chi connectivity index (χ1n) is 9.15. The van der Waals surface area contributed by atoms with Crippen LogP contribution >= 0.6 is 0 Å². The van der Waals surface area contributed by atoms with E-state index in [9.17, 15) is 19.2 Å². The van der Waals surface area contributed by atoms with Gasteiger partial charge in [-0.15, -0.1) is 0 Å². The van der Waals surface area contributed by atoms with Gasteiger partial charge in [0.05, 0.1) is 0 Å². The minimum absolute atomic E-state index is 0.266. The summed E-state index contributed by atoms with van der Waals surface area (Å²) in [6.07, 6.45) is 12.5. The maximum Gasteiger partial charge on any atom is 0.198 e. The highest BCUT2D eigenvalue weighted by Gasteiger charge is 2.07. The Balaban J connectivity index is 3.43. The van der Waals surface area contributed by atoms with Crippen LogP contribution in [-0.4, -0.2) is 23.1 Å². The lowest BCUT2D eigenvalue weighted by Crippen LogP contribution is -2.08. The molecule has 4 heteroatoms. The Morgan fingerprint density at radius 1 is 0.667 bits per heavy atom. The predicted octanol–water partition coefficient (Wildman–Crippen LogP) is 4.54. The summed E-state index contributed by atoms with van der Waals surface area (Å²) in [7, 11) is 0. The second kappa shape index (κ2) is 15.0. The van der Waals surface area contributed by atoms with Crippen LogP contribution in [0.1, 0.15) is 90.9 Å². The number of allylic oxidation sites excluding steroid dienone is 2. The molecule has 0 fully saturated rings. The molecule has 0 saturated heterocycles. The molecule has 136 valence electrons. The predicted molar refractivity (Wildman–Crippen MR) is 95.9 cm³/mol. The summed E-state index contributed by atoms with van der Waals surface area (Å²) in [5.74, 6) is -0.110. The zero-order valence-electron chi connectivity index (χ0n) is 15.3. The molecule has 0 heterocycles. The summed E-state index contributed by atoms with van der Waals surface area (Å²) < 4.78 is 0. The van der Waals surface area contributed by atoms with Crippen LogP contribution in [-0.2, 0) is 19.2 Å². The van der Waals surface area contributed by atoms with E-state index < -0.39 is 0 Å². The normalized spacial score (nSPS) is 10.9. The lowest BCUT2D eigenvalue weighted by atomic mass is 10.0. The van der Waals surface area contributed by atoms with Crippen molar-refractivity contribution in [1.29, 1.82) is 0 Å². The molecule has 0 unspecified atom stereocenters. The van der Waals surface area contributed by atoms with Gasteiger partial charge in [0.1, 0.15) is 11.6 Å². The summed E-state index contributed by atoms with van der Waals surface area (Å²) in [4.78, 5) is 45.1. The Morgan fingerprint density at radius 3 is 1.62 bits per heavy atom. The minimum Gasteiger partial charge on any atom is -0.300 e. The second-order valence-electron chi connectivity index (χ2n) is 6.30. The number of hydrogen-bond donors (Lipinski definition) is 0. The number of carbonyl (C=O) groups is 4. The van der Waals surface area contributed by atoms with Crippen molar-refractivity contribution < 1.29 is 19.2 Å². The zero-order chi connectivity index (χ0) is 18.2. The van der Waals surface area contributed by atoms with E-state index >= 15 is 0 Å². The monoisotopic (exact) mass is 336 g/mol. The van der Waals surface area contributed by atoms with Crippen molar-refractivity contribution in [3.05, 3.63) is 12.2 Å². The Bertz CT molecular complexity index is 435. The van der Waals surface area contributed by atoms with Crippen LogP contribution in [0.25, 0.3) is 0 Å². The molecule has 4 nitrogen and oxygen atoms in total. The van der Waals surface area contributed by atoms with Gasteiger partial charge >= 0.3 is 0 Å². The summed E-state index contributed by atoms with van der Waals surface area (Å²) in [5.41, 5.74) is 0. The number of rotatable bonds is 16. The third kappa shape index (κ3) is 14.0. The van der Waals surface area contributed by atoms with E-state index in [1.807, 2.05) is 19.1 Å². The molecule has 0 radical (unpaired) electrons. The average Bonchev–Trinajstić information content (AvgIpc) is 2.55. The van der Waals surface area contributed by atoms with Crippen LogP contribution in [0, 0.1) is 0 Å². The summed E-state index contributed by atoms with van der Waals surface area (Å²) in [6.45, 7) is 3.21. The van der Waals surface area contributed by atoms with Crippen molar-refractivity contribution >= 4 is 23.1 Å². The van der Waals surface area contributed by atoms with Gasteiger partial charge in [-0.2, -0.15) is 0 Å². The Morgan fingerprint density at radius 2 is 1.12 bits per heavy atom. The molecule has 0 amide bonds. The molecule has 0 bridgehead atoms. The van der Waals surface area contributed by atoms with Crippen molar-refractivity contribution in [2.24, 2.45) is 0 Å². The zero-order valence-corrected chi connectivity index (χ0v) is 15.3. The lowest BCUT2D eigenvalue weighted by molar-refractivity contribution is -0.135. The molecule has 24 heavy (non-hydrogen) atoms. The van der Waals surface area contributed by atoms with Crippen LogP contribution in [0.15, 0.2) is 12.2 Å². The van der Waals surface area contributed by atoms with E-state index in [0.29, 0.717) is 32.1 Å². The summed E-state index contributed by atoms with van der Waals surface area (Å²) >= 11 is 0. The van der Waals surface area contributed by atoms with E-state index in [2.05, 4.69) is 0 Å². The highest BCUT2D eigenvalue weighted by Crippen LogP contribution is 2.10. The molecular weight excluding hydrogens is 304 g/mol. The largest absolute Gasteiger partial charge is 0.300 e. The van der Waals surface area contributed by atoms with Gasteiger partial charge in [0, 0.05) is 39.0 Å². The van der Waals surface area contributed by atoms with Crippen molar-refractivity contribution in [3.63, 3.8) is 0 Å². The molecule has 0 saturated carbocycles. The van der Waals surface area contributed by atoms with E-state index in [4.69, 9.17) is 0 Å². The van der Waals surface area contributed by atoms with Gasteiger partial charge < -0.3 is 0 Å². The van der Waals surface area contributed by atoms with Crippen molar-refractivity contribution in [3.8, 4) is 0 Å². The lowest BCUT2D eigenvalue weighted by Gasteiger charge is -2.02. The van der Waals surface area contributed by atoms with Gasteiger partial charge in [-0.1, -0.05) is 31.4 Å². The maximum atomic E-state index is 11.7. The van der Waals surface area contributed by atoms with Gasteiger partial charge in [-0.05, 0) is 32.6 Å². The Labute approximate surface area is 146 Å². The molecule has 0 N–H and O–H groups in total. The fraction of sp³-hybridized carbons (Fsp3) is 0.700. The molecule has 0 aliphatic carbocycles. The highest BCUT2D eigenvalue weighted by molar-refractivity contribution is 6.36. The van der Waals surface area contributed by atoms with Crippen molar-refractivity contribution in [2.45, 2.75) is 90.9 Å². The third-order valence-electron chi connectivity index (χ3n) is 3.99. The van der Waals surface area contributed by atoms with Crippen molar-refractivity contribution in [2.75, 3.05) is 0 Å². The van der Waals surface area contributed by atoms with Crippen molar-refractivity contribution in [1.82, 2.24) is 0 Å². The Kier molecular flexibility index (Phi) is 14.0. The number of carbonyl (C=O) groups excluding carboxylic acids is 4. The first kappa shape index (κ1) is 22.4. The molecule has 0 aromatic heterocycles. The van der Waals surface area contributed by atoms with Crippen LogP contribution in [0.4, 0.5) is 0 Å². The standard InChI is InChI=1S/C20H32O4/c1-3-4-12-18(22)14-9-7-10-15-19(23)13-8-5-6-11-16-20(24)17(2)21/h3-4H,5-16H2,1-2H3/b4-3+. The number of ketones is 4. The fourth-order valence-electron chi connectivity index (χ4n) is 2.43. The van der Waals surface area contributed by atoms with E-state index in [1.165, 1.54) is 6.92 Å². The maximum absolute atomic E-state index is 11.7. The molecular formula is C20H32O4. The summed E-state index contributed by atoms with van der Waals surface area (Å²) in [6, 6.07) is 0. The topological polar surface area (TPSA) is 68.3 Å².